The molecule has 0 atom stereocenters. The van der Waals surface area contributed by atoms with Gasteiger partial charge in [0.15, 0.2) is 0 Å². The number of anilines is 2. The third-order valence-corrected chi connectivity index (χ3v) is 5.80. The summed E-state index contributed by atoms with van der Waals surface area (Å²) in [5.41, 5.74) is 3.11. The van der Waals surface area contributed by atoms with Crippen molar-refractivity contribution >= 4 is 34.5 Å². The molecule has 4 rings (SSSR count). The van der Waals surface area contributed by atoms with Crippen molar-refractivity contribution in [3.8, 4) is 0 Å². The highest BCUT2D eigenvalue weighted by Gasteiger charge is 2.15. The van der Waals surface area contributed by atoms with Crippen molar-refractivity contribution in [3.05, 3.63) is 82.0 Å². The normalized spacial score (nSPS) is 13.7. The van der Waals surface area contributed by atoms with E-state index in [4.69, 9.17) is 4.74 Å². The van der Waals surface area contributed by atoms with Crippen molar-refractivity contribution in [1.29, 1.82) is 0 Å². The highest BCUT2D eigenvalue weighted by atomic mass is 32.1. The van der Waals surface area contributed by atoms with E-state index in [0.29, 0.717) is 22.7 Å². The molecular formula is C23H23N3O3S. The lowest BCUT2D eigenvalue weighted by Gasteiger charge is -2.28. The van der Waals surface area contributed by atoms with Gasteiger partial charge in [-0.2, -0.15) is 0 Å². The molecule has 2 heterocycles. The van der Waals surface area contributed by atoms with Crippen LogP contribution < -0.4 is 15.5 Å². The molecule has 1 fully saturated rings. The number of morpholine rings is 1. The predicted octanol–water partition coefficient (Wildman–Crippen LogP) is 3.77. The number of nitrogens with zero attached hydrogens (tertiary/aromatic N) is 1. The Kier molecular flexibility index (Phi) is 6.41. The van der Waals surface area contributed by atoms with Crippen molar-refractivity contribution < 1.29 is 14.3 Å². The molecule has 2 aromatic carbocycles. The second-order valence-electron chi connectivity index (χ2n) is 6.93. The van der Waals surface area contributed by atoms with E-state index in [0.717, 1.165) is 37.6 Å². The standard InChI is InChI=1S/C23H23N3O3S/c27-22(19-4-1-2-5-20(19)25-23(28)21-6-3-15-30-21)24-16-17-7-9-18(10-8-17)26-11-13-29-14-12-26/h1-10,15H,11-14,16H2,(H,24,27)(H,25,28). The summed E-state index contributed by atoms with van der Waals surface area (Å²) in [6, 6.07) is 18.8. The lowest BCUT2D eigenvalue weighted by Crippen LogP contribution is -2.36. The Bertz CT molecular complexity index is 997. The second kappa shape index (κ2) is 9.56. The van der Waals surface area contributed by atoms with Gasteiger partial charge in [0.05, 0.1) is 29.3 Å². The average molecular weight is 422 g/mol. The van der Waals surface area contributed by atoms with E-state index in [1.54, 1.807) is 30.3 Å². The first kappa shape index (κ1) is 20.1. The first-order chi connectivity index (χ1) is 14.7. The second-order valence-corrected chi connectivity index (χ2v) is 7.87. The number of hydrogen-bond acceptors (Lipinski definition) is 5. The van der Waals surface area contributed by atoms with E-state index in [9.17, 15) is 9.59 Å². The number of nitrogens with one attached hydrogen (secondary N) is 2. The summed E-state index contributed by atoms with van der Waals surface area (Å²) in [4.78, 5) is 28.0. The average Bonchev–Trinajstić information content (AvgIpc) is 3.34. The van der Waals surface area contributed by atoms with E-state index in [-0.39, 0.29) is 11.8 Å². The lowest BCUT2D eigenvalue weighted by atomic mass is 10.1. The minimum absolute atomic E-state index is 0.219. The van der Waals surface area contributed by atoms with E-state index >= 15 is 0 Å². The summed E-state index contributed by atoms with van der Waals surface area (Å²) < 4.78 is 5.39. The molecule has 0 unspecified atom stereocenters. The molecule has 1 aliphatic rings. The van der Waals surface area contributed by atoms with Crippen molar-refractivity contribution in [2.75, 3.05) is 36.5 Å². The fourth-order valence-electron chi connectivity index (χ4n) is 3.31. The van der Waals surface area contributed by atoms with Crippen LogP contribution in [0.25, 0.3) is 0 Å². The summed E-state index contributed by atoms with van der Waals surface area (Å²) in [6.45, 7) is 3.70. The largest absolute Gasteiger partial charge is 0.378 e. The molecule has 30 heavy (non-hydrogen) atoms. The van der Waals surface area contributed by atoms with Crippen LogP contribution in [0.3, 0.4) is 0 Å². The number of ether oxygens (including phenoxy) is 1. The molecule has 1 aromatic heterocycles. The fraction of sp³-hybridized carbons (Fsp3) is 0.217. The number of amides is 2. The third kappa shape index (κ3) is 4.87. The Balaban J connectivity index is 1.38. The predicted molar refractivity (Wildman–Crippen MR) is 119 cm³/mol. The van der Waals surface area contributed by atoms with Gasteiger partial charge >= 0.3 is 0 Å². The number of hydrogen-bond donors (Lipinski definition) is 2. The molecule has 0 aliphatic carbocycles. The Hall–Kier alpha value is -3.16. The van der Waals surface area contributed by atoms with Gasteiger partial charge in [-0.15, -0.1) is 11.3 Å². The maximum Gasteiger partial charge on any atom is 0.265 e. The molecule has 0 bridgehead atoms. The summed E-state index contributed by atoms with van der Waals surface area (Å²) in [5, 5.41) is 7.62. The molecule has 2 N–H and O–H groups in total. The number of para-hydroxylation sites is 1. The minimum Gasteiger partial charge on any atom is -0.378 e. The van der Waals surface area contributed by atoms with E-state index in [1.165, 1.54) is 11.3 Å². The Morgan fingerprint density at radius 3 is 2.43 bits per heavy atom. The van der Waals surface area contributed by atoms with Gasteiger partial charge in [0.2, 0.25) is 0 Å². The van der Waals surface area contributed by atoms with Gasteiger partial charge < -0.3 is 20.3 Å². The van der Waals surface area contributed by atoms with E-state index in [2.05, 4.69) is 27.7 Å². The molecule has 0 saturated carbocycles. The van der Waals surface area contributed by atoms with E-state index < -0.39 is 0 Å². The van der Waals surface area contributed by atoms with Crippen LogP contribution in [0.4, 0.5) is 11.4 Å². The van der Waals surface area contributed by atoms with Gasteiger partial charge in [-0.3, -0.25) is 9.59 Å². The number of rotatable bonds is 6. The van der Waals surface area contributed by atoms with Gasteiger partial charge in [-0.1, -0.05) is 30.3 Å². The van der Waals surface area contributed by atoms with Crippen LogP contribution in [-0.4, -0.2) is 38.1 Å². The summed E-state index contributed by atoms with van der Waals surface area (Å²) >= 11 is 1.36. The molecule has 7 heteroatoms. The summed E-state index contributed by atoms with van der Waals surface area (Å²) in [5.74, 6) is -0.446. The Morgan fingerprint density at radius 1 is 0.933 bits per heavy atom. The lowest BCUT2D eigenvalue weighted by molar-refractivity contribution is 0.0951. The highest BCUT2D eigenvalue weighted by molar-refractivity contribution is 7.12. The Labute approximate surface area is 179 Å². The number of benzene rings is 2. The van der Waals surface area contributed by atoms with Crippen LogP contribution in [0.15, 0.2) is 66.0 Å². The van der Waals surface area contributed by atoms with Gasteiger partial charge in [-0.05, 0) is 41.3 Å². The van der Waals surface area contributed by atoms with Crippen molar-refractivity contribution in [2.45, 2.75) is 6.54 Å². The van der Waals surface area contributed by atoms with Crippen LogP contribution in [0, 0.1) is 0 Å². The first-order valence-corrected chi connectivity index (χ1v) is 10.7. The summed E-state index contributed by atoms with van der Waals surface area (Å²) in [6.07, 6.45) is 0. The van der Waals surface area contributed by atoms with E-state index in [1.807, 2.05) is 23.6 Å². The maximum absolute atomic E-state index is 12.7. The topological polar surface area (TPSA) is 70.7 Å². The van der Waals surface area contributed by atoms with Crippen LogP contribution in [-0.2, 0) is 11.3 Å². The smallest absolute Gasteiger partial charge is 0.265 e. The molecule has 0 spiro atoms. The first-order valence-electron chi connectivity index (χ1n) is 9.84. The molecule has 2 amide bonds. The molecule has 6 nitrogen and oxygen atoms in total. The van der Waals surface area contributed by atoms with Gasteiger partial charge in [-0.25, -0.2) is 0 Å². The van der Waals surface area contributed by atoms with Gasteiger partial charge in [0, 0.05) is 25.3 Å². The van der Waals surface area contributed by atoms with Crippen LogP contribution >= 0.6 is 11.3 Å². The van der Waals surface area contributed by atoms with Crippen LogP contribution in [0.2, 0.25) is 0 Å². The fourth-order valence-corrected chi connectivity index (χ4v) is 3.92. The third-order valence-electron chi connectivity index (χ3n) is 4.93. The zero-order valence-corrected chi connectivity index (χ0v) is 17.3. The molecule has 1 saturated heterocycles. The van der Waals surface area contributed by atoms with Crippen LogP contribution in [0.5, 0.6) is 0 Å². The SMILES string of the molecule is O=C(Nc1ccccc1C(=O)NCc1ccc(N2CCOCC2)cc1)c1cccs1. The molecule has 0 radical (unpaired) electrons. The minimum atomic E-state index is -0.227. The zero-order chi connectivity index (χ0) is 20.8. The Morgan fingerprint density at radius 2 is 1.70 bits per heavy atom. The molecule has 154 valence electrons. The number of carbonyl (C=O) groups excluding carboxylic acids is 2. The van der Waals surface area contributed by atoms with Crippen molar-refractivity contribution in [2.24, 2.45) is 0 Å². The summed E-state index contributed by atoms with van der Waals surface area (Å²) in [7, 11) is 0. The van der Waals surface area contributed by atoms with Crippen LogP contribution in [0.1, 0.15) is 25.6 Å². The van der Waals surface area contributed by atoms with Crippen molar-refractivity contribution in [1.82, 2.24) is 5.32 Å². The van der Waals surface area contributed by atoms with Gasteiger partial charge in [0.25, 0.3) is 11.8 Å². The molecule has 1 aliphatic heterocycles. The maximum atomic E-state index is 12.7. The number of carbonyl (C=O) groups is 2. The molecule has 3 aromatic rings. The number of thiophene rings is 1. The van der Waals surface area contributed by atoms with Crippen molar-refractivity contribution in [3.63, 3.8) is 0 Å². The van der Waals surface area contributed by atoms with Gasteiger partial charge in [0.1, 0.15) is 0 Å². The zero-order valence-electron chi connectivity index (χ0n) is 16.5. The monoisotopic (exact) mass is 421 g/mol. The quantitative estimate of drug-likeness (QED) is 0.636. The highest BCUT2D eigenvalue weighted by Crippen LogP contribution is 2.19. The molecular weight excluding hydrogens is 398 g/mol.